The number of carbonyl (C=O) groups excluding carboxylic acids is 2. The maximum Gasteiger partial charge on any atom is 0.338 e. The molecule has 4 rings (SSSR count). The van der Waals surface area contributed by atoms with Crippen molar-refractivity contribution in [1.82, 2.24) is 4.90 Å². The Morgan fingerprint density at radius 1 is 0.949 bits per heavy atom. The number of allylic oxidation sites excluding steroid dienone is 1. The quantitative estimate of drug-likeness (QED) is 0.181. The molecule has 8 nitrogen and oxygen atoms in total. The predicted molar refractivity (Wildman–Crippen MR) is 153 cm³/mol. The van der Waals surface area contributed by atoms with E-state index in [1.807, 2.05) is 42.5 Å². The van der Waals surface area contributed by atoms with Crippen LogP contribution in [0.15, 0.2) is 78.5 Å². The summed E-state index contributed by atoms with van der Waals surface area (Å²) in [6.07, 6.45) is 0. The molecule has 8 heteroatoms. The lowest BCUT2D eigenvalue weighted by molar-refractivity contribution is 0.0526. The highest BCUT2D eigenvalue weighted by Crippen LogP contribution is 2.34. The molecule has 0 saturated carbocycles. The summed E-state index contributed by atoms with van der Waals surface area (Å²) in [4.78, 5) is 27.8. The van der Waals surface area contributed by atoms with Crippen molar-refractivity contribution in [1.29, 1.82) is 0 Å². The number of fused-ring (bicyclic) bond motifs is 1. The lowest BCUT2D eigenvalue weighted by atomic mass is 10.0. The van der Waals surface area contributed by atoms with Gasteiger partial charge in [-0.2, -0.15) is 0 Å². The molecule has 1 heterocycles. The average molecular weight is 530 g/mol. The minimum absolute atomic E-state index is 0.141. The molecule has 0 aromatic heterocycles. The van der Waals surface area contributed by atoms with Gasteiger partial charge >= 0.3 is 5.97 Å². The number of carbonyl (C=O) groups is 2. The van der Waals surface area contributed by atoms with Crippen LogP contribution < -0.4 is 10.6 Å². The zero-order chi connectivity index (χ0) is 27.6. The van der Waals surface area contributed by atoms with Crippen LogP contribution in [0.5, 0.6) is 0 Å². The Hall–Kier alpha value is -3.98. The number of nitrogens with zero attached hydrogens (tertiary/aromatic N) is 1. The summed E-state index contributed by atoms with van der Waals surface area (Å²) in [5.41, 5.74) is 5.47. The van der Waals surface area contributed by atoms with Crippen molar-refractivity contribution >= 4 is 28.8 Å². The van der Waals surface area contributed by atoms with Gasteiger partial charge in [-0.05, 0) is 49.9 Å². The van der Waals surface area contributed by atoms with E-state index in [-0.39, 0.29) is 12.4 Å². The molecule has 39 heavy (non-hydrogen) atoms. The van der Waals surface area contributed by atoms with E-state index in [1.54, 1.807) is 32.2 Å². The van der Waals surface area contributed by atoms with Crippen molar-refractivity contribution in [3.8, 4) is 0 Å². The third-order valence-corrected chi connectivity index (χ3v) is 6.30. The molecule has 0 aliphatic carbocycles. The molecule has 0 amide bonds. The minimum atomic E-state index is -0.419. The third-order valence-electron chi connectivity index (χ3n) is 6.30. The Balaban J connectivity index is 1.51. The van der Waals surface area contributed by atoms with Crippen LogP contribution in [0, 0.1) is 0 Å². The Morgan fingerprint density at radius 2 is 1.72 bits per heavy atom. The number of likely N-dealkylation sites (N-methyl/N-ethyl adjacent to an activating group) is 1. The molecule has 3 aromatic rings. The van der Waals surface area contributed by atoms with E-state index in [9.17, 15) is 9.59 Å². The largest absolute Gasteiger partial charge is 0.462 e. The lowest BCUT2D eigenvalue weighted by Gasteiger charge is -2.18. The molecule has 0 atom stereocenters. The molecule has 2 N–H and O–H groups in total. The molecular formula is C31H35N3O5. The van der Waals surface area contributed by atoms with E-state index in [0.29, 0.717) is 48.0 Å². The molecule has 0 radical (unpaired) electrons. The maximum atomic E-state index is 13.4. The molecular weight excluding hydrogens is 494 g/mol. The molecule has 0 saturated heterocycles. The van der Waals surface area contributed by atoms with Gasteiger partial charge in [-0.3, -0.25) is 9.69 Å². The van der Waals surface area contributed by atoms with Crippen molar-refractivity contribution < 1.29 is 23.8 Å². The van der Waals surface area contributed by atoms with Gasteiger partial charge in [0, 0.05) is 37.0 Å². The fourth-order valence-corrected chi connectivity index (χ4v) is 4.27. The first-order chi connectivity index (χ1) is 19.0. The topological polar surface area (TPSA) is 89.1 Å². The molecule has 3 aromatic carbocycles. The summed E-state index contributed by atoms with van der Waals surface area (Å²) in [6.45, 7) is 5.50. The molecule has 1 aliphatic heterocycles. The van der Waals surface area contributed by atoms with Gasteiger partial charge < -0.3 is 24.8 Å². The number of rotatable bonds is 13. The van der Waals surface area contributed by atoms with Gasteiger partial charge in [0.2, 0.25) is 5.78 Å². The van der Waals surface area contributed by atoms with Gasteiger partial charge in [0.1, 0.15) is 5.70 Å². The summed E-state index contributed by atoms with van der Waals surface area (Å²) in [7, 11) is 3.73. The smallest absolute Gasteiger partial charge is 0.338 e. The first-order valence-electron chi connectivity index (χ1n) is 13.0. The van der Waals surface area contributed by atoms with Crippen molar-refractivity contribution in [3.63, 3.8) is 0 Å². The van der Waals surface area contributed by atoms with Crippen LogP contribution in [0.1, 0.15) is 38.8 Å². The number of benzene rings is 3. The van der Waals surface area contributed by atoms with Crippen LogP contribution >= 0.6 is 0 Å². The average Bonchev–Trinajstić information content (AvgIpc) is 3.28. The molecule has 0 spiro atoms. The fourth-order valence-electron chi connectivity index (χ4n) is 4.27. The molecule has 204 valence electrons. The SMILES string of the molecule is CCOC(=O)c1ccc2c(c1)NC(=C(Nc1ccc(CN(C)CCOCCOC)cc1)c1ccccc1)C2=O. The monoisotopic (exact) mass is 529 g/mol. The Kier molecular flexibility index (Phi) is 9.85. The number of methoxy groups -OCH3 is 1. The lowest BCUT2D eigenvalue weighted by Crippen LogP contribution is -2.23. The van der Waals surface area contributed by atoms with E-state index in [4.69, 9.17) is 14.2 Å². The first kappa shape index (κ1) is 28.0. The van der Waals surface area contributed by atoms with Crippen molar-refractivity contribution in [2.24, 2.45) is 0 Å². The zero-order valence-electron chi connectivity index (χ0n) is 22.7. The second kappa shape index (κ2) is 13.7. The highest BCUT2D eigenvalue weighted by Gasteiger charge is 2.29. The second-order valence-corrected chi connectivity index (χ2v) is 9.22. The van der Waals surface area contributed by atoms with Crippen molar-refractivity contribution in [2.45, 2.75) is 13.5 Å². The fraction of sp³-hybridized carbons (Fsp3) is 0.290. The zero-order valence-corrected chi connectivity index (χ0v) is 22.7. The number of ketones is 1. The van der Waals surface area contributed by atoms with Crippen LogP contribution in [-0.2, 0) is 20.8 Å². The van der Waals surface area contributed by atoms with Crippen LogP contribution in [0.2, 0.25) is 0 Å². The summed E-state index contributed by atoms with van der Waals surface area (Å²) in [5.74, 6) is -0.560. The predicted octanol–water partition coefficient (Wildman–Crippen LogP) is 5.05. The minimum Gasteiger partial charge on any atom is -0.462 e. The summed E-state index contributed by atoms with van der Waals surface area (Å²) in [5, 5.41) is 6.70. The number of hydrogen-bond donors (Lipinski definition) is 2. The van der Waals surface area contributed by atoms with Crippen molar-refractivity contribution in [2.75, 3.05) is 57.8 Å². The second-order valence-electron chi connectivity index (χ2n) is 9.22. The number of nitrogens with one attached hydrogen (secondary N) is 2. The van der Waals surface area contributed by atoms with E-state index >= 15 is 0 Å². The van der Waals surface area contributed by atoms with E-state index in [1.165, 1.54) is 5.56 Å². The first-order valence-corrected chi connectivity index (χ1v) is 13.0. The van der Waals surface area contributed by atoms with E-state index in [0.717, 1.165) is 24.3 Å². The maximum absolute atomic E-state index is 13.4. The summed E-state index contributed by atoms with van der Waals surface area (Å²) < 4.78 is 15.7. The third kappa shape index (κ3) is 7.32. The number of hydrogen-bond acceptors (Lipinski definition) is 8. The Morgan fingerprint density at radius 3 is 2.44 bits per heavy atom. The van der Waals surface area contributed by atoms with Crippen LogP contribution in [0.25, 0.3) is 5.70 Å². The van der Waals surface area contributed by atoms with Crippen LogP contribution in [0.4, 0.5) is 11.4 Å². The molecule has 0 unspecified atom stereocenters. The summed E-state index contributed by atoms with van der Waals surface area (Å²) in [6, 6.07) is 22.8. The normalized spacial score (nSPS) is 13.7. The van der Waals surface area contributed by atoms with Crippen LogP contribution in [-0.4, -0.2) is 63.8 Å². The van der Waals surface area contributed by atoms with Gasteiger partial charge in [0.25, 0.3) is 0 Å². The van der Waals surface area contributed by atoms with Gasteiger partial charge in [0.15, 0.2) is 0 Å². The van der Waals surface area contributed by atoms with Gasteiger partial charge in [-0.25, -0.2) is 4.79 Å². The number of ether oxygens (including phenoxy) is 3. The van der Waals surface area contributed by atoms with E-state index in [2.05, 4.69) is 34.7 Å². The number of esters is 1. The Bertz CT molecular complexity index is 1310. The molecule has 0 bridgehead atoms. The van der Waals surface area contributed by atoms with Crippen LogP contribution in [0.3, 0.4) is 0 Å². The summed E-state index contributed by atoms with van der Waals surface area (Å²) >= 11 is 0. The van der Waals surface area contributed by atoms with E-state index < -0.39 is 5.97 Å². The highest BCUT2D eigenvalue weighted by molar-refractivity contribution is 6.23. The molecule has 1 aliphatic rings. The van der Waals surface area contributed by atoms with Gasteiger partial charge in [-0.1, -0.05) is 42.5 Å². The van der Waals surface area contributed by atoms with Crippen molar-refractivity contribution in [3.05, 3.63) is 101 Å². The number of Topliss-reactive ketones (excluding diaryl/α,β-unsaturated/α-hetero) is 1. The Labute approximate surface area is 229 Å². The standard InChI is InChI=1S/C31H35N3O5/c1-4-39-31(36)24-12-15-26-27(20-24)33-29(30(26)35)28(23-8-6-5-7-9-23)32-25-13-10-22(11-14-25)21-34(2)16-17-38-19-18-37-3/h5-15,20,32-33H,4,16-19,21H2,1-3H3. The van der Waals surface area contributed by atoms with Gasteiger partial charge in [-0.15, -0.1) is 0 Å². The molecule has 0 fully saturated rings. The number of anilines is 2. The highest BCUT2D eigenvalue weighted by atomic mass is 16.5. The van der Waals surface area contributed by atoms with Gasteiger partial charge in [0.05, 0.1) is 43.4 Å².